The molecule has 0 saturated heterocycles. The monoisotopic (exact) mass is 277 g/mol. The second-order valence-corrected chi connectivity index (χ2v) is 4.77. The molecule has 5 heteroatoms. The number of aromatic nitrogens is 2. The van der Waals surface area contributed by atoms with Crippen LogP contribution in [0, 0.1) is 5.82 Å². The molecule has 2 rings (SSSR count). The maximum Gasteiger partial charge on any atom is 0.123 e. The molecular formula is C15H20FN3O. The van der Waals surface area contributed by atoms with Crippen molar-refractivity contribution < 1.29 is 9.13 Å². The van der Waals surface area contributed by atoms with E-state index in [1.807, 2.05) is 16.9 Å². The van der Waals surface area contributed by atoms with Crippen molar-refractivity contribution >= 4 is 0 Å². The first kappa shape index (κ1) is 14.5. The molecule has 0 aliphatic heterocycles. The van der Waals surface area contributed by atoms with Gasteiger partial charge < -0.3 is 10.1 Å². The molecule has 1 aromatic carbocycles. The third-order valence-electron chi connectivity index (χ3n) is 3.32. The van der Waals surface area contributed by atoms with Gasteiger partial charge in [0.05, 0.1) is 6.04 Å². The average Bonchev–Trinajstić information content (AvgIpc) is 2.98. The number of hydrogen-bond acceptors (Lipinski definition) is 3. The molecule has 0 spiro atoms. The van der Waals surface area contributed by atoms with Crippen LogP contribution in [0.3, 0.4) is 0 Å². The molecule has 108 valence electrons. The number of rotatable bonds is 7. The highest BCUT2D eigenvalue weighted by atomic mass is 19.1. The van der Waals surface area contributed by atoms with Crippen LogP contribution in [-0.2, 0) is 0 Å². The van der Waals surface area contributed by atoms with Gasteiger partial charge in [-0.15, -0.1) is 0 Å². The molecule has 2 aromatic rings. The third-order valence-corrected chi connectivity index (χ3v) is 3.32. The number of hydrogen-bond donors (Lipinski definition) is 1. The van der Waals surface area contributed by atoms with E-state index in [0.29, 0.717) is 12.4 Å². The zero-order valence-electron chi connectivity index (χ0n) is 11.8. The second-order valence-electron chi connectivity index (χ2n) is 4.77. The zero-order valence-corrected chi connectivity index (χ0v) is 11.8. The highest BCUT2D eigenvalue weighted by molar-refractivity contribution is 5.21. The molecular weight excluding hydrogens is 257 g/mol. The molecule has 20 heavy (non-hydrogen) atoms. The van der Waals surface area contributed by atoms with E-state index >= 15 is 0 Å². The van der Waals surface area contributed by atoms with Crippen molar-refractivity contribution in [1.82, 2.24) is 15.1 Å². The molecule has 1 N–H and O–H groups in total. The molecule has 1 heterocycles. The molecule has 1 aromatic heterocycles. The smallest absolute Gasteiger partial charge is 0.123 e. The van der Waals surface area contributed by atoms with Crippen LogP contribution in [0.25, 0.3) is 0 Å². The molecule has 0 amide bonds. The minimum atomic E-state index is -0.253. The van der Waals surface area contributed by atoms with Gasteiger partial charge in [-0.3, -0.25) is 4.68 Å². The minimum absolute atomic E-state index is 0.253. The molecule has 2 atom stereocenters. The number of nitrogens with zero attached hydrogens (tertiary/aromatic N) is 2. The van der Waals surface area contributed by atoms with Crippen LogP contribution in [0.1, 0.15) is 19.9 Å². The van der Waals surface area contributed by atoms with Crippen LogP contribution in [0.2, 0.25) is 0 Å². The summed E-state index contributed by atoms with van der Waals surface area (Å²) in [5.74, 6) is 0.429. The Morgan fingerprint density at radius 2 is 2.05 bits per heavy atom. The molecule has 0 bridgehead atoms. The van der Waals surface area contributed by atoms with E-state index in [1.165, 1.54) is 12.1 Å². The Balaban J connectivity index is 1.69. The van der Waals surface area contributed by atoms with Crippen molar-refractivity contribution in [3.05, 3.63) is 48.5 Å². The summed E-state index contributed by atoms with van der Waals surface area (Å²) in [7, 11) is 0. The molecule has 0 aliphatic rings. The lowest BCUT2D eigenvalue weighted by molar-refractivity contribution is 0.288. The van der Waals surface area contributed by atoms with Crippen molar-refractivity contribution in [1.29, 1.82) is 0 Å². The van der Waals surface area contributed by atoms with Crippen LogP contribution in [0.4, 0.5) is 4.39 Å². The van der Waals surface area contributed by atoms with E-state index in [0.717, 1.165) is 6.54 Å². The van der Waals surface area contributed by atoms with Crippen LogP contribution < -0.4 is 10.1 Å². The van der Waals surface area contributed by atoms with Crippen molar-refractivity contribution in [3.8, 4) is 5.75 Å². The Morgan fingerprint density at radius 3 is 2.70 bits per heavy atom. The summed E-state index contributed by atoms with van der Waals surface area (Å²) in [4.78, 5) is 0. The molecule has 2 unspecified atom stereocenters. The van der Waals surface area contributed by atoms with Crippen LogP contribution in [-0.4, -0.2) is 29.0 Å². The molecule has 0 fully saturated rings. The minimum Gasteiger partial charge on any atom is -0.492 e. The van der Waals surface area contributed by atoms with E-state index in [4.69, 9.17) is 4.74 Å². The Labute approximate surface area is 118 Å². The van der Waals surface area contributed by atoms with Gasteiger partial charge in [0, 0.05) is 25.0 Å². The Kier molecular flexibility index (Phi) is 5.12. The summed E-state index contributed by atoms with van der Waals surface area (Å²) in [5, 5.41) is 7.62. The fourth-order valence-corrected chi connectivity index (χ4v) is 1.91. The van der Waals surface area contributed by atoms with Gasteiger partial charge >= 0.3 is 0 Å². The van der Waals surface area contributed by atoms with E-state index in [9.17, 15) is 4.39 Å². The second kappa shape index (κ2) is 7.05. The van der Waals surface area contributed by atoms with Crippen LogP contribution in [0.15, 0.2) is 42.7 Å². The highest BCUT2D eigenvalue weighted by Crippen LogP contribution is 2.11. The van der Waals surface area contributed by atoms with Crippen molar-refractivity contribution in [2.45, 2.75) is 25.9 Å². The SMILES string of the molecule is CC(NCCOc1ccc(F)cc1)C(C)n1cccn1. The van der Waals surface area contributed by atoms with Crippen molar-refractivity contribution in [2.75, 3.05) is 13.2 Å². The first-order valence-electron chi connectivity index (χ1n) is 6.77. The Bertz CT molecular complexity index is 498. The van der Waals surface area contributed by atoms with Gasteiger partial charge in [-0.1, -0.05) is 0 Å². The van der Waals surface area contributed by atoms with Gasteiger partial charge in [-0.25, -0.2) is 4.39 Å². The van der Waals surface area contributed by atoms with Crippen LogP contribution >= 0.6 is 0 Å². The van der Waals surface area contributed by atoms with Crippen molar-refractivity contribution in [3.63, 3.8) is 0 Å². The fourth-order valence-electron chi connectivity index (χ4n) is 1.91. The van der Waals surface area contributed by atoms with Gasteiger partial charge in [-0.2, -0.15) is 5.10 Å². The topological polar surface area (TPSA) is 39.1 Å². The molecule has 0 radical (unpaired) electrons. The van der Waals surface area contributed by atoms with Crippen LogP contribution in [0.5, 0.6) is 5.75 Å². The summed E-state index contributed by atoms with van der Waals surface area (Å²) >= 11 is 0. The first-order valence-corrected chi connectivity index (χ1v) is 6.77. The van der Waals surface area contributed by atoms with Gasteiger partial charge in [0.2, 0.25) is 0 Å². The summed E-state index contributed by atoms with van der Waals surface area (Å²) in [5.41, 5.74) is 0. The molecule has 0 aliphatic carbocycles. The molecule has 4 nitrogen and oxygen atoms in total. The quantitative estimate of drug-likeness (QED) is 0.791. The maximum absolute atomic E-state index is 12.7. The number of benzene rings is 1. The lowest BCUT2D eigenvalue weighted by atomic mass is 10.2. The average molecular weight is 277 g/mol. The summed E-state index contributed by atoms with van der Waals surface area (Å²) in [6.07, 6.45) is 3.73. The summed E-state index contributed by atoms with van der Waals surface area (Å²) in [6.45, 7) is 5.50. The van der Waals surface area contributed by atoms with Crippen molar-refractivity contribution in [2.24, 2.45) is 0 Å². The zero-order chi connectivity index (χ0) is 14.4. The van der Waals surface area contributed by atoms with E-state index in [2.05, 4.69) is 24.3 Å². The van der Waals surface area contributed by atoms with Gasteiger partial charge in [-0.05, 0) is 44.2 Å². The fraction of sp³-hybridized carbons (Fsp3) is 0.400. The number of nitrogens with one attached hydrogen (secondary N) is 1. The standard InChI is InChI=1S/C15H20FN3O/c1-12(13(2)19-10-3-8-18-19)17-9-11-20-15-6-4-14(16)5-7-15/h3-8,10,12-13,17H,9,11H2,1-2H3. The lowest BCUT2D eigenvalue weighted by Gasteiger charge is -2.21. The van der Waals surface area contributed by atoms with Gasteiger partial charge in [0.1, 0.15) is 18.2 Å². The van der Waals surface area contributed by atoms with Gasteiger partial charge in [0.15, 0.2) is 0 Å². The Hall–Kier alpha value is -1.88. The van der Waals surface area contributed by atoms with E-state index in [-0.39, 0.29) is 17.9 Å². The summed E-state index contributed by atoms with van der Waals surface area (Å²) in [6, 6.07) is 8.52. The van der Waals surface area contributed by atoms with Gasteiger partial charge in [0.25, 0.3) is 0 Å². The number of ether oxygens (including phenoxy) is 1. The Morgan fingerprint density at radius 1 is 1.30 bits per heavy atom. The normalized spacial score (nSPS) is 13.9. The number of halogens is 1. The molecule has 0 saturated carbocycles. The summed E-state index contributed by atoms with van der Waals surface area (Å²) < 4.78 is 20.2. The first-order chi connectivity index (χ1) is 9.66. The lowest BCUT2D eigenvalue weighted by Crippen LogP contribution is -2.36. The predicted octanol–water partition coefficient (Wildman–Crippen LogP) is 2.64. The largest absolute Gasteiger partial charge is 0.492 e. The maximum atomic E-state index is 12.7. The van der Waals surface area contributed by atoms with E-state index in [1.54, 1.807) is 18.3 Å². The third kappa shape index (κ3) is 4.06. The highest BCUT2D eigenvalue weighted by Gasteiger charge is 2.12. The predicted molar refractivity (Wildman–Crippen MR) is 76.3 cm³/mol. The van der Waals surface area contributed by atoms with E-state index < -0.39 is 0 Å².